The summed E-state index contributed by atoms with van der Waals surface area (Å²) in [6, 6.07) is 2.88. The Morgan fingerprint density at radius 1 is 1.38 bits per heavy atom. The van der Waals surface area contributed by atoms with Gasteiger partial charge in [0, 0.05) is 25.1 Å². The molecule has 1 amide bonds. The highest BCUT2D eigenvalue weighted by atomic mass is 32.2. The third-order valence-corrected chi connectivity index (χ3v) is 5.89. The molecule has 2 rings (SSSR count). The predicted octanol–water partition coefficient (Wildman–Crippen LogP) is -0.872. The number of aromatic nitrogens is 4. The van der Waals surface area contributed by atoms with Crippen LogP contribution in [-0.4, -0.2) is 50.1 Å². The Morgan fingerprint density at radius 3 is 2.50 bits per heavy atom. The Labute approximate surface area is 137 Å². The fraction of sp³-hybridized carbons (Fsp3) is 0.385. The molecule has 1 atom stereocenters. The van der Waals surface area contributed by atoms with Gasteiger partial charge < -0.3 is 4.57 Å². The molecule has 0 fully saturated rings. The van der Waals surface area contributed by atoms with Crippen LogP contribution in [-0.2, 0) is 21.2 Å². The molecule has 0 aromatic carbocycles. The van der Waals surface area contributed by atoms with Crippen molar-refractivity contribution in [1.29, 1.82) is 0 Å². The maximum absolute atomic E-state index is 12.1. The van der Waals surface area contributed by atoms with Crippen LogP contribution in [0, 0.1) is 0 Å². The first-order chi connectivity index (χ1) is 11.2. The monoisotopic (exact) mass is 355 g/mol. The van der Waals surface area contributed by atoms with Crippen LogP contribution in [0.3, 0.4) is 0 Å². The fourth-order valence-corrected chi connectivity index (χ4v) is 2.92. The summed E-state index contributed by atoms with van der Waals surface area (Å²) in [7, 11) is -3.81. The Hall–Kier alpha value is -2.53. The number of hydrogen-bond donors (Lipinski definition) is 2. The summed E-state index contributed by atoms with van der Waals surface area (Å²) in [5.74, 6) is -1.05. The molecule has 130 valence electrons. The third kappa shape index (κ3) is 3.36. The highest BCUT2D eigenvalue weighted by Gasteiger charge is 2.43. The summed E-state index contributed by atoms with van der Waals surface area (Å²) in [5, 5.41) is 16.6. The first kappa shape index (κ1) is 17.8. The lowest BCUT2D eigenvalue weighted by atomic mass is 10.1. The number of aryl methyl sites for hydroxylation is 1. The Balaban J connectivity index is 2.25. The second-order valence-corrected chi connectivity index (χ2v) is 7.87. The number of hydrogen-bond acceptors (Lipinski definition) is 7. The van der Waals surface area contributed by atoms with Gasteiger partial charge >= 0.3 is 0 Å². The van der Waals surface area contributed by atoms with Gasteiger partial charge in [0.1, 0.15) is 0 Å². The molecular weight excluding hydrogens is 338 g/mol. The third-order valence-electron chi connectivity index (χ3n) is 3.86. The topological polar surface area (TPSA) is 136 Å². The molecule has 24 heavy (non-hydrogen) atoms. The van der Waals surface area contributed by atoms with Crippen LogP contribution < -0.4 is 11.0 Å². The number of amides is 1. The number of hydroxylamine groups is 1. The predicted molar refractivity (Wildman–Crippen MR) is 83.4 cm³/mol. The minimum atomic E-state index is -3.81. The molecular formula is C13H17N5O5S. The lowest BCUT2D eigenvalue weighted by Crippen LogP contribution is -2.49. The van der Waals surface area contributed by atoms with Crippen molar-refractivity contribution in [1.82, 2.24) is 25.0 Å². The van der Waals surface area contributed by atoms with E-state index in [1.807, 2.05) is 0 Å². The van der Waals surface area contributed by atoms with Gasteiger partial charge in [0.25, 0.3) is 11.5 Å². The van der Waals surface area contributed by atoms with E-state index in [9.17, 15) is 18.0 Å². The summed E-state index contributed by atoms with van der Waals surface area (Å²) in [5.41, 5.74) is 1.43. The smallest absolute Gasteiger partial charge is 0.264 e. The van der Waals surface area contributed by atoms with Crippen molar-refractivity contribution in [3.63, 3.8) is 0 Å². The second kappa shape index (κ2) is 6.53. The average Bonchev–Trinajstić information content (AvgIpc) is 3.05. The van der Waals surface area contributed by atoms with Gasteiger partial charge in [0.2, 0.25) is 0 Å². The number of pyridine rings is 1. The van der Waals surface area contributed by atoms with E-state index < -0.39 is 26.1 Å². The van der Waals surface area contributed by atoms with Gasteiger partial charge in [-0.05, 0) is 19.4 Å². The first-order valence-corrected chi connectivity index (χ1v) is 8.79. The lowest BCUT2D eigenvalue weighted by Gasteiger charge is -2.25. The van der Waals surface area contributed by atoms with Crippen molar-refractivity contribution in [3.8, 4) is 5.69 Å². The number of rotatable bonds is 6. The molecule has 0 saturated heterocycles. The van der Waals surface area contributed by atoms with Crippen molar-refractivity contribution in [2.75, 3.05) is 6.26 Å². The molecule has 0 radical (unpaired) electrons. The molecule has 0 saturated carbocycles. The molecule has 0 aliphatic carbocycles. The second-order valence-electron chi connectivity index (χ2n) is 5.43. The number of carbonyl (C=O) groups is 1. The average molecular weight is 355 g/mol. The number of sulfone groups is 1. The van der Waals surface area contributed by atoms with Gasteiger partial charge in [-0.1, -0.05) is 0 Å². The zero-order valence-corrected chi connectivity index (χ0v) is 13.9. The van der Waals surface area contributed by atoms with E-state index in [0.717, 1.165) is 6.26 Å². The normalized spacial score (nSPS) is 14.1. The van der Waals surface area contributed by atoms with Crippen LogP contribution in [0.2, 0.25) is 0 Å². The number of nitrogens with one attached hydrogen (secondary N) is 1. The summed E-state index contributed by atoms with van der Waals surface area (Å²) < 4.78 is 23.2. The Kier molecular flexibility index (Phi) is 4.85. The molecule has 0 aliphatic rings. The van der Waals surface area contributed by atoms with E-state index in [1.54, 1.807) is 6.07 Å². The SMILES string of the molecule is CC(CCn1ccc(-n2nccn2)cc1=O)(C(=O)NO)S(C)(=O)=O. The van der Waals surface area contributed by atoms with Gasteiger partial charge in [-0.3, -0.25) is 14.8 Å². The molecule has 11 heteroatoms. The van der Waals surface area contributed by atoms with Crippen LogP contribution in [0.15, 0.2) is 35.5 Å². The van der Waals surface area contributed by atoms with Gasteiger partial charge in [-0.25, -0.2) is 13.9 Å². The van der Waals surface area contributed by atoms with Gasteiger partial charge in [-0.15, -0.1) is 0 Å². The summed E-state index contributed by atoms with van der Waals surface area (Å²) >= 11 is 0. The quantitative estimate of drug-likeness (QED) is 0.507. The van der Waals surface area contributed by atoms with Gasteiger partial charge in [-0.2, -0.15) is 15.0 Å². The van der Waals surface area contributed by atoms with Crippen molar-refractivity contribution in [3.05, 3.63) is 41.1 Å². The van der Waals surface area contributed by atoms with Crippen LogP contribution in [0.4, 0.5) is 0 Å². The minimum absolute atomic E-state index is 0.0252. The maximum Gasteiger partial charge on any atom is 0.264 e. The maximum atomic E-state index is 12.1. The van der Waals surface area contributed by atoms with E-state index in [1.165, 1.54) is 46.4 Å². The molecule has 2 heterocycles. The molecule has 2 N–H and O–H groups in total. The zero-order chi connectivity index (χ0) is 18.0. The van der Waals surface area contributed by atoms with Crippen LogP contribution in [0.25, 0.3) is 5.69 Å². The van der Waals surface area contributed by atoms with Crippen molar-refractivity contribution >= 4 is 15.7 Å². The van der Waals surface area contributed by atoms with Gasteiger partial charge in [0.15, 0.2) is 14.6 Å². The molecule has 2 aromatic rings. The van der Waals surface area contributed by atoms with Crippen LogP contribution in [0.5, 0.6) is 0 Å². The minimum Gasteiger partial charge on any atom is -0.315 e. The number of nitrogens with zero attached hydrogens (tertiary/aromatic N) is 4. The summed E-state index contributed by atoms with van der Waals surface area (Å²) in [6.45, 7) is 1.17. The summed E-state index contributed by atoms with van der Waals surface area (Å²) in [4.78, 5) is 25.2. The molecule has 2 aromatic heterocycles. The van der Waals surface area contributed by atoms with Crippen molar-refractivity contribution < 1.29 is 18.4 Å². The summed E-state index contributed by atoms with van der Waals surface area (Å²) in [6.07, 6.45) is 5.11. The lowest BCUT2D eigenvalue weighted by molar-refractivity contribution is -0.131. The number of carbonyl (C=O) groups excluding carboxylic acids is 1. The first-order valence-electron chi connectivity index (χ1n) is 6.90. The fourth-order valence-electron chi connectivity index (χ4n) is 2.07. The zero-order valence-electron chi connectivity index (χ0n) is 13.1. The van der Waals surface area contributed by atoms with Crippen molar-refractivity contribution in [2.24, 2.45) is 0 Å². The van der Waals surface area contributed by atoms with E-state index in [4.69, 9.17) is 5.21 Å². The Morgan fingerprint density at radius 2 is 2.00 bits per heavy atom. The van der Waals surface area contributed by atoms with Crippen LogP contribution in [0.1, 0.15) is 13.3 Å². The highest BCUT2D eigenvalue weighted by molar-refractivity contribution is 7.92. The molecule has 1 unspecified atom stereocenters. The van der Waals surface area contributed by atoms with E-state index in [0.29, 0.717) is 5.69 Å². The van der Waals surface area contributed by atoms with E-state index in [2.05, 4.69) is 10.2 Å². The van der Waals surface area contributed by atoms with Crippen molar-refractivity contribution in [2.45, 2.75) is 24.6 Å². The van der Waals surface area contributed by atoms with E-state index in [-0.39, 0.29) is 13.0 Å². The van der Waals surface area contributed by atoms with E-state index >= 15 is 0 Å². The molecule has 10 nitrogen and oxygen atoms in total. The molecule has 0 spiro atoms. The van der Waals surface area contributed by atoms with Crippen LogP contribution >= 0.6 is 0 Å². The Bertz CT molecular complexity index is 890. The largest absolute Gasteiger partial charge is 0.315 e. The highest BCUT2D eigenvalue weighted by Crippen LogP contribution is 2.21. The molecule has 0 bridgehead atoms. The molecule has 0 aliphatic heterocycles. The van der Waals surface area contributed by atoms with Gasteiger partial charge in [0.05, 0.1) is 18.1 Å². The standard InChI is InChI=1S/C13H17N5O5S/c1-13(12(20)16-21,24(2,22)23)4-8-17-7-3-10(9-11(17)19)18-14-5-6-15-18/h3,5-7,9,21H,4,8H2,1-2H3,(H,16,20).